The Bertz CT molecular complexity index is 1120. The third kappa shape index (κ3) is 9.85. The van der Waals surface area contributed by atoms with Gasteiger partial charge in [0.15, 0.2) is 0 Å². The topological polar surface area (TPSA) is 125 Å². The van der Waals surface area contributed by atoms with E-state index in [1.165, 1.54) is 12.5 Å². The highest BCUT2D eigenvalue weighted by Crippen LogP contribution is 2.29. The van der Waals surface area contributed by atoms with Crippen LogP contribution in [0.2, 0.25) is 0 Å². The Hall–Kier alpha value is -2.37. The number of sulfonamides is 1. The molecule has 0 saturated heterocycles. The van der Waals surface area contributed by atoms with Crippen molar-refractivity contribution in [2.75, 3.05) is 44.3 Å². The summed E-state index contributed by atoms with van der Waals surface area (Å²) in [5.41, 5.74) is 0.475. The molecule has 0 bridgehead atoms. The largest absolute Gasteiger partial charge is 0.490 e. The van der Waals surface area contributed by atoms with E-state index in [1.54, 1.807) is 28.9 Å². The quantitative estimate of drug-likeness (QED) is 0.490. The van der Waals surface area contributed by atoms with Crippen LogP contribution in [0.15, 0.2) is 18.2 Å². The number of amides is 2. The minimum Gasteiger partial charge on any atom is -0.490 e. The molecular formula is C30H49N3O7S. The van der Waals surface area contributed by atoms with Gasteiger partial charge in [-0.3, -0.25) is 14.3 Å². The zero-order valence-corrected chi connectivity index (χ0v) is 26.1. The molecule has 1 aliphatic carbocycles. The number of carbonyl (C=O) groups is 2. The predicted molar refractivity (Wildman–Crippen MR) is 160 cm³/mol. The number of rotatable bonds is 7. The molecule has 1 aromatic carbocycles. The Balaban J connectivity index is 1.92. The average Bonchev–Trinajstić information content (AvgIpc) is 2.93. The van der Waals surface area contributed by atoms with Gasteiger partial charge < -0.3 is 24.4 Å². The van der Waals surface area contributed by atoms with Crippen LogP contribution in [0.5, 0.6) is 5.75 Å². The smallest absolute Gasteiger partial charge is 0.258 e. The van der Waals surface area contributed by atoms with Crippen LogP contribution in [0.3, 0.4) is 0 Å². The molecule has 41 heavy (non-hydrogen) atoms. The van der Waals surface area contributed by atoms with Gasteiger partial charge in [-0.2, -0.15) is 0 Å². The van der Waals surface area contributed by atoms with Gasteiger partial charge in [-0.1, -0.05) is 26.2 Å². The Morgan fingerprint density at radius 1 is 1.15 bits per heavy atom. The number of hydrogen-bond donors (Lipinski definition) is 2. The number of aliphatic hydroxyl groups excluding tert-OH is 1. The molecule has 232 valence electrons. The first-order valence-corrected chi connectivity index (χ1v) is 16.9. The second-order valence-corrected chi connectivity index (χ2v) is 13.7. The molecule has 0 spiro atoms. The van der Waals surface area contributed by atoms with Crippen LogP contribution in [0.4, 0.5) is 5.69 Å². The molecule has 1 heterocycles. The molecule has 0 unspecified atom stereocenters. The van der Waals surface area contributed by atoms with Crippen LogP contribution < -0.4 is 9.46 Å². The predicted octanol–water partition coefficient (Wildman–Crippen LogP) is 3.89. The molecule has 0 aromatic heterocycles. The second kappa shape index (κ2) is 15.2. The number of aliphatic hydroxyl groups is 1. The van der Waals surface area contributed by atoms with Crippen molar-refractivity contribution in [1.82, 2.24) is 9.80 Å². The van der Waals surface area contributed by atoms with Crippen molar-refractivity contribution >= 4 is 27.5 Å². The van der Waals surface area contributed by atoms with Crippen LogP contribution in [0, 0.1) is 11.8 Å². The van der Waals surface area contributed by atoms with Crippen molar-refractivity contribution in [3.05, 3.63) is 23.8 Å². The lowest BCUT2D eigenvalue weighted by atomic mass is 9.88. The normalized spacial score (nSPS) is 24.5. The minimum absolute atomic E-state index is 0.0581. The van der Waals surface area contributed by atoms with Gasteiger partial charge in [0.05, 0.1) is 36.7 Å². The first kappa shape index (κ1) is 33.1. The number of nitrogens with zero attached hydrogens (tertiary/aromatic N) is 2. The summed E-state index contributed by atoms with van der Waals surface area (Å²) >= 11 is 0. The lowest BCUT2D eigenvalue weighted by molar-refractivity contribution is -0.137. The lowest BCUT2D eigenvalue weighted by Gasteiger charge is -2.36. The number of nitrogens with one attached hydrogen (secondary N) is 1. The van der Waals surface area contributed by atoms with E-state index in [-0.39, 0.29) is 60.3 Å². The van der Waals surface area contributed by atoms with Crippen LogP contribution in [0.1, 0.15) is 82.5 Å². The molecule has 0 radical (unpaired) electrons. The SMILES string of the molecule is C[C@@H]1CN([C@@H](C)CO)C(=O)c2cc(NS(C)(=O)=O)ccc2O[C@@H](C)CCCCO[C@H]1CN(C)C(=O)C1CCCCC1. The van der Waals surface area contributed by atoms with Crippen LogP contribution >= 0.6 is 0 Å². The lowest BCUT2D eigenvalue weighted by Crippen LogP contribution is -2.48. The van der Waals surface area contributed by atoms with Gasteiger partial charge in [0.1, 0.15) is 5.75 Å². The molecule has 10 nitrogen and oxygen atoms in total. The molecule has 4 atom stereocenters. The Labute approximate surface area is 245 Å². The van der Waals surface area contributed by atoms with Gasteiger partial charge in [0.25, 0.3) is 5.91 Å². The maximum Gasteiger partial charge on any atom is 0.258 e. The summed E-state index contributed by atoms with van der Waals surface area (Å²) in [6.45, 7) is 6.69. The van der Waals surface area contributed by atoms with Gasteiger partial charge in [-0.25, -0.2) is 8.42 Å². The van der Waals surface area contributed by atoms with Crippen molar-refractivity contribution in [3.8, 4) is 5.75 Å². The summed E-state index contributed by atoms with van der Waals surface area (Å²) in [4.78, 5) is 30.7. The van der Waals surface area contributed by atoms with E-state index < -0.39 is 16.1 Å². The van der Waals surface area contributed by atoms with Gasteiger partial charge in [0.2, 0.25) is 15.9 Å². The fraction of sp³-hybridized carbons (Fsp3) is 0.733. The van der Waals surface area contributed by atoms with Gasteiger partial charge in [0, 0.05) is 44.3 Å². The number of likely N-dealkylation sites (N-methyl/N-ethyl adjacent to an activating group) is 1. The van der Waals surface area contributed by atoms with Crippen molar-refractivity contribution < 1.29 is 32.6 Å². The number of ether oxygens (including phenoxy) is 2. The molecule has 1 aromatic rings. The van der Waals surface area contributed by atoms with E-state index in [0.717, 1.165) is 51.2 Å². The maximum absolute atomic E-state index is 14.1. The van der Waals surface area contributed by atoms with Crippen LogP contribution in [-0.4, -0.2) is 93.0 Å². The van der Waals surface area contributed by atoms with E-state index in [1.807, 2.05) is 20.9 Å². The molecule has 1 saturated carbocycles. The summed E-state index contributed by atoms with van der Waals surface area (Å²) in [6, 6.07) is 4.17. The summed E-state index contributed by atoms with van der Waals surface area (Å²) in [7, 11) is -1.73. The molecule has 2 amide bonds. The molecule has 11 heteroatoms. The zero-order chi connectivity index (χ0) is 30.2. The highest BCUT2D eigenvalue weighted by molar-refractivity contribution is 7.92. The summed E-state index contributed by atoms with van der Waals surface area (Å²) in [5, 5.41) is 10.1. The number of benzene rings is 1. The molecule has 3 rings (SSSR count). The van der Waals surface area contributed by atoms with E-state index in [9.17, 15) is 23.1 Å². The molecule has 2 aliphatic rings. The van der Waals surface area contributed by atoms with Crippen LogP contribution in [0.25, 0.3) is 0 Å². The third-order valence-electron chi connectivity index (χ3n) is 8.14. The third-order valence-corrected chi connectivity index (χ3v) is 8.75. The number of anilines is 1. The highest BCUT2D eigenvalue weighted by Gasteiger charge is 2.32. The summed E-state index contributed by atoms with van der Waals surface area (Å²) in [5.74, 6) is 0.0514. The van der Waals surface area contributed by atoms with E-state index in [4.69, 9.17) is 9.47 Å². The molecular weight excluding hydrogens is 546 g/mol. The molecule has 1 aliphatic heterocycles. The highest BCUT2D eigenvalue weighted by atomic mass is 32.2. The number of hydrogen-bond acceptors (Lipinski definition) is 7. The van der Waals surface area contributed by atoms with E-state index in [2.05, 4.69) is 4.72 Å². The zero-order valence-electron chi connectivity index (χ0n) is 25.3. The van der Waals surface area contributed by atoms with Gasteiger partial charge >= 0.3 is 0 Å². The van der Waals surface area contributed by atoms with Crippen molar-refractivity contribution in [3.63, 3.8) is 0 Å². The van der Waals surface area contributed by atoms with Crippen LogP contribution in [-0.2, 0) is 19.6 Å². The maximum atomic E-state index is 14.1. The van der Waals surface area contributed by atoms with Gasteiger partial charge in [-0.15, -0.1) is 0 Å². The average molecular weight is 596 g/mol. The summed E-state index contributed by atoms with van der Waals surface area (Å²) < 4.78 is 38.8. The molecule has 2 N–H and O–H groups in total. The first-order chi connectivity index (χ1) is 19.4. The number of carbonyl (C=O) groups excluding carboxylic acids is 2. The monoisotopic (exact) mass is 595 g/mol. The summed E-state index contributed by atoms with van der Waals surface area (Å²) in [6.07, 6.45) is 8.21. The second-order valence-electron chi connectivity index (χ2n) is 11.9. The molecule has 1 fully saturated rings. The van der Waals surface area contributed by atoms with Crippen molar-refractivity contribution in [2.24, 2.45) is 11.8 Å². The van der Waals surface area contributed by atoms with E-state index >= 15 is 0 Å². The van der Waals surface area contributed by atoms with E-state index in [0.29, 0.717) is 18.9 Å². The van der Waals surface area contributed by atoms with Crippen molar-refractivity contribution in [1.29, 1.82) is 0 Å². The Morgan fingerprint density at radius 2 is 1.83 bits per heavy atom. The fourth-order valence-electron chi connectivity index (χ4n) is 5.68. The standard InChI is InChI=1S/C30H49N3O7S/c1-21-18-33(22(2)20-34)30(36)26-17-25(31-41(5,37)38)14-15-27(26)40-23(3)11-9-10-16-39-28(21)19-32(4)29(35)24-12-7-6-8-13-24/h14-15,17,21-24,28,31,34H,6-13,16,18-20H2,1-5H3/t21-,22+,23+,28+/m1/s1. The fourth-order valence-corrected chi connectivity index (χ4v) is 6.24. The van der Waals surface area contributed by atoms with Gasteiger partial charge in [-0.05, 0) is 64.2 Å². The minimum atomic E-state index is -3.56. The first-order valence-electron chi connectivity index (χ1n) is 15.0. The van der Waals surface area contributed by atoms with Crippen molar-refractivity contribution in [2.45, 2.75) is 90.4 Å². The Morgan fingerprint density at radius 3 is 2.49 bits per heavy atom. The number of fused-ring (bicyclic) bond motifs is 1. The Kier molecular flexibility index (Phi) is 12.3.